The van der Waals surface area contributed by atoms with E-state index in [0.29, 0.717) is 5.92 Å². The smallest absolute Gasteiger partial charge is 0.161 e. The van der Waals surface area contributed by atoms with E-state index < -0.39 is 0 Å². The van der Waals surface area contributed by atoms with E-state index in [1.165, 1.54) is 6.42 Å². The molecule has 0 amide bonds. The molecule has 0 bridgehead atoms. The van der Waals surface area contributed by atoms with Crippen LogP contribution in [0.2, 0.25) is 0 Å². The van der Waals surface area contributed by atoms with E-state index in [0.717, 1.165) is 25.0 Å². The molecule has 0 aromatic heterocycles. The zero-order valence-corrected chi connectivity index (χ0v) is 8.90. The average molecular weight is 194 g/mol. The Morgan fingerprint density at radius 3 is 2.50 bits per heavy atom. The van der Waals surface area contributed by atoms with Crippen molar-refractivity contribution in [1.29, 1.82) is 0 Å². The quantitative estimate of drug-likeness (QED) is 0.596. The molecule has 14 heavy (non-hydrogen) atoms. The van der Waals surface area contributed by atoms with Gasteiger partial charge in [0.2, 0.25) is 0 Å². The van der Waals surface area contributed by atoms with Gasteiger partial charge in [0.1, 0.15) is 0 Å². The van der Waals surface area contributed by atoms with E-state index in [1.807, 2.05) is 0 Å². The summed E-state index contributed by atoms with van der Waals surface area (Å²) in [4.78, 5) is 0. The first-order valence-corrected chi connectivity index (χ1v) is 5.57. The molecule has 1 heterocycles. The number of allylic oxidation sites excluding steroid dienone is 2. The third-order valence-corrected chi connectivity index (χ3v) is 3.65. The second-order valence-electron chi connectivity index (χ2n) is 5.64. The maximum Gasteiger partial charge on any atom is 0.161 e. The Kier molecular flexibility index (Phi) is 1.80. The minimum Gasteiger partial charge on any atom is -0.352 e. The van der Waals surface area contributed by atoms with Crippen LogP contribution in [0.25, 0.3) is 0 Å². The highest BCUT2D eigenvalue weighted by Gasteiger charge is 2.56. The summed E-state index contributed by atoms with van der Waals surface area (Å²) in [5, 5.41) is 0. The van der Waals surface area contributed by atoms with Gasteiger partial charge in [-0.15, -0.1) is 0 Å². The molecule has 1 saturated heterocycles. The van der Waals surface area contributed by atoms with Crippen LogP contribution < -0.4 is 0 Å². The van der Waals surface area contributed by atoms with Crippen LogP contribution in [-0.2, 0) is 9.47 Å². The first-order chi connectivity index (χ1) is 6.67. The van der Waals surface area contributed by atoms with E-state index in [9.17, 15) is 0 Å². The van der Waals surface area contributed by atoms with Gasteiger partial charge in [-0.3, -0.25) is 0 Å². The predicted molar refractivity (Wildman–Crippen MR) is 53.7 cm³/mol. The second-order valence-corrected chi connectivity index (χ2v) is 5.64. The number of ether oxygens (including phenoxy) is 2. The molecule has 2 nitrogen and oxygen atoms in total. The topological polar surface area (TPSA) is 18.5 Å². The SMILES string of the molecule is CC1(C)COC([C@@H]2[C@@H]3C=CC[C@@H]32)OC1. The zero-order valence-electron chi connectivity index (χ0n) is 8.90. The van der Waals surface area contributed by atoms with Crippen LogP contribution in [0, 0.1) is 23.2 Å². The van der Waals surface area contributed by atoms with Gasteiger partial charge in [-0.2, -0.15) is 0 Å². The van der Waals surface area contributed by atoms with Gasteiger partial charge < -0.3 is 9.47 Å². The molecule has 78 valence electrons. The lowest BCUT2D eigenvalue weighted by molar-refractivity contribution is -0.232. The standard InChI is InChI=1S/C12H18O2/c1-12(2)6-13-11(14-7-12)10-8-4-3-5-9(8)10/h3-4,8-11H,5-7H2,1-2H3/t8-,9+,10-/m1/s1. The van der Waals surface area contributed by atoms with E-state index in [4.69, 9.17) is 9.47 Å². The summed E-state index contributed by atoms with van der Waals surface area (Å²) in [5.74, 6) is 2.26. The van der Waals surface area contributed by atoms with E-state index >= 15 is 0 Å². The van der Waals surface area contributed by atoms with E-state index in [2.05, 4.69) is 26.0 Å². The molecule has 0 unspecified atom stereocenters. The van der Waals surface area contributed by atoms with Crippen molar-refractivity contribution in [1.82, 2.24) is 0 Å². The number of hydrogen-bond donors (Lipinski definition) is 0. The highest BCUT2D eigenvalue weighted by Crippen LogP contribution is 2.56. The molecule has 3 rings (SSSR count). The lowest BCUT2D eigenvalue weighted by Gasteiger charge is -2.35. The molecule has 2 heteroatoms. The number of rotatable bonds is 1. The Hall–Kier alpha value is -0.340. The average Bonchev–Trinajstić information content (AvgIpc) is 2.63. The van der Waals surface area contributed by atoms with Gasteiger partial charge in [-0.05, 0) is 18.3 Å². The van der Waals surface area contributed by atoms with Crippen molar-refractivity contribution < 1.29 is 9.47 Å². The molecule has 0 aromatic rings. The first kappa shape index (κ1) is 8.93. The van der Waals surface area contributed by atoms with Crippen molar-refractivity contribution in [2.24, 2.45) is 23.2 Å². The molecular formula is C12H18O2. The largest absolute Gasteiger partial charge is 0.352 e. The molecular weight excluding hydrogens is 176 g/mol. The molecule has 2 aliphatic carbocycles. The Morgan fingerprint density at radius 1 is 1.21 bits per heavy atom. The fourth-order valence-corrected chi connectivity index (χ4v) is 2.72. The Labute approximate surface area is 85.3 Å². The predicted octanol–water partition coefficient (Wildman–Crippen LogP) is 2.21. The summed E-state index contributed by atoms with van der Waals surface area (Å²) in [6, 6.07) is 0. The minimum atomic E-state index is 0.0861. The molecule has 1 saturated carbocycles. The van der Waals surface area contributed by atoms with Crippen LogP contribution >= 0.6 is 0 Å². The van der Waals surface area contributed by atoms with Crippen LogP contribution in [0.4, 0.5) is 0 Å². The molecule has 0 radical (unpaired) electrons. The van der Waals surface area contributed by atoms with Crippen molar-refractivity contribution in [3.05, 3.63) is 12.2 Å². The Bertz CT molecular complexity index is 259. The van der Waals surface area contributed by atoms with Crippen molar-refractivity contribution >= 4 is 0 Å². The summed E-state index contributed by atoms with van der Waals surface area (Å²) in [7, 11) is 0. The third-order valence-electron chi connectivity index (χ3n) is 3.65. The summed E-state index contributed by atoms with van der Waals surface area (Å²) in [5.41, 5.74) is 0.205. The molecule has 2 fully saturated rings. The van der Waals surface area contributed by atoms with Crippen LogP contribution in [0.15, 0.2) is 12.2 Å². The molecule has 0 aromatic carbocycles. The maximum absolute atomic E-state index is 5.80. The first-order valence-electron chi connectivity index (χ1n) is 5.57. The number of fused-ring (bicyclic) bond motifs is 1. The van der Waals surface area contributed by atoms with Gasteiger partial charge in [0.15, 0.2) is 6.29 Å². The lowest BCUT2D eigenvalue weighted by Crippen LogP contribution is -2.39. The highest BCUT2D eigenvalue weighted by molar-refractivity contribution is 5.17. The van der Waals surface area contributed by atoms with E-state index in [1.54, 1.807) is 0 Å². The molecule has 1 aliphatic heterocycles. The zero-order chi connectivity index (χ0) is 9.76. The van der Waals surface area contributed by atoms with Crippen LogP contribution in [0.3, 0.4) is 0 Å². The fourth-order valence-electron chi connectivity index (χ4n) is 2.72. The van der Waals surface area contributed by atoms with Crippen molar-refractivity contribution in [2.45, 2.75) is 26.6 Å². The monoisotopic (exact) mass is 194 g/mol. The van der Waals surface area contributed by atoms with Crippen LogP contribution in [0.5, 0.6) is 0 Å². The Morgan fingerprint density at radius 2 is 1.93 bits per heavy atom. The summed E-state index contributed by atoms with van der Waals surface area (Å²) in [6.45, 7) is 6.07. The van der Waals surface area contributed by atoms with Crippen LogP contribution in [-0.4, -0.2) is 19.5 Å². The summed E-state index contributed by atoms with van der Waals surface area (Å²) in [6.07, 6.45) is 5.95. The van der Waals surface area contributed by atoms with Crippen LogP contribution in [0.1, 0.15) is 20.3 Å². The van der Waals surface area contributed by atoms with Gasteiger partial charge >= 0.3 is 0 Å². The van der Waals surface area contributed by atoms with Gasteiger partial charge in [-0.1, -0.05) is 26.0 Å². The lowest BCUT2D eigenvalue weighted by atomic mass is 9.95. The van der Waals surface area contributed by atoms with Gasteiger partial charge in [0.25, 0.3) is 0 Å². The van der Waals surface area contributed by atoms with Crippen molar-refractivity contribution in [2.75, 3.05) is 13.2 Å². The molecule has 0 N–H and O–H groups in total. The number of hydrogen-bond acceptors (Lipinski definition) is 2. The van der Waals surface area contributed by atoms with E-state index in [-0.39, 0.29) is 11.7 Å². The maximum atomic E-state index is 5.80. The molecule has 3 aliphatic rings. The summed E-state index contributed by atoms with van der Waals surface area (Å²) >= 11 is 0. The Balaban J connectivity index is 1.59. The third kappa shape index (κ3) is 1.32. The fraction of sp³-hybridized carbons (Fsp3) is 0.833. The summed E-state index contributed by atoms with van der Waals surface area (Å²) < 4.78 is 11.6. The van der Waals surface area contributed by atoms with Gasteiger partial charge in [-0.25, -0.2) is 0 Å². The molecule has 3 atom stereocenters. The second kappa shape index (κ2) is 2.83. The molecule has 0 spiro atoms. The highest BCUT2D eigenvalue weighted by atomic mass is 16.7. The van der Waals surface area contributed by atoms with Gasteiger partial charge in [0.05, 0.1) is 13.2 Å². The minimum absolute atomic E-state index is 0.0861. The van der Waals surface area contributed by atoms with Crippen molar-refractivity contribution in [3.63, 3.8) is 0 Å². The normalized spacial score (nSPS) is 45.1. The van der Waals surface area contributed by atoms with Crippen molar-refractivity contribution in [3.8, 4) is 0 Å². The van der Waals surface area contributed by atoms with Gasteiger partial charge in [0, 0.05) is 11.3 Å².